The summed E-state index contributed by atoms with van der Waals surface area (Å²) < 4.78 is 4.66. The van der Waals surface area contributed by atoms with Gasteiger partial charge in [-0.05, 0) is 25.5 Å². The molecule has 1 aromatic heterocycles. The van der Waals surface area contributed by atoms with Crippen LogP contribution in [0.15, 0.2) is 12.1 Å². The van der Waals surface area contributed by atoms with Crippen molar-refractivity contribution in [2.75, 3.05) is 18.2 Å². The summed E-state index contributed by atoms with van der Waals surface area (Å²) in [4.78, 5) is 15.7. The largest absolute Gasteiger partial charge is 0.464 e. The Labute approximate surface area is 120 Å². The zero-order valence-corrected chi connectivity index (χ0v) is 12.6. The molecule has 1 atom stereocenters. The summed E-state index contributed by atoms with van der Waals surface area (Å²) in [5.41, 5.74) is 6.68. The Morgan fingerprint density at radius 3 is 2.80 bits per heavy atom. The second-order valence-corrected chi connectivity index (χ2v) is 5.02. The van der Waals surface area contributed by atoms with Crippen molar-refractivity contribution in [3.05, 3.63) is 17.8 Å². The maximum absolute atomic E-state index is 11.5. The van der Waals surface area contributed by atoms with Gasteiger partial charge in [-0.3, -0.25) is 0 Å². The van der Waals surface area contributed by atoms with Gasteiger partial charge in [0.15, 0.2) is 5.69 Å². The number of esters is 1. The van der Waals surface area contributed by atoms with E-state index >= 15 is 0 Å². The van der Waals surface area contributed by atoms with Gasteiger partial charge in [0.1, 0.15) is 5.82 Å². The molecule has 1 rings (SSSR count). The molecule has 0 amide bonds. The van der Waals surface area contributed by atoms with E-state index in [1.54, 1.807) is 12.1 Å². The lowest BCUT2D eigenvalue weighted by Gasteiger charge is -2.16. The number of carbonyl (C=O) groups excluding carboxylic acids is 1. The molecule has 1 heterocycles. The summed E-state index contributed by atoms with van der Waals surface area (Å²) in [6.07, 6.45) is 5.98. The number of anilines is 2. The molecule has 0 radical (unpaired) electrons. The number of carbonyl (C=O) groups is 1. The van der Waals surface area contributed by atoms with E-state index in [4.69, 9.17) is 5.73 Å². The van der Waals surface area contributed by atoms with E-state index < -0.39 is 5.97 Å². The highest BCUT2D eigenvalue weighted by atomic mass is 16.5. The van der Waals surface area contributed by atoms with Crippen LogP contribution in [-0.2, 0) is 4.74 Å². The molecule has 112 valence electrons. The third-order valence-corrected chi connectivity index (χ3v) is 3.19. The fourth-order valence-corrected chi connectivity index (χ4v) is 1.99. The van der Waals surface area contributed by atoms with Gasteiger partial charge in [-0.25, -0.2) is 9.78 Å². The van der Waals surface area contributed by atoms with E-state index in [9.17, 15) is 4.79 Å². The van der Waals surface area contributed by atoms with E-state index in [0.717, 1.165) is 6.42 Å². The van der Waals surface area contributed by atoms with Crippen LogP contribution in [0.25, 0.3) is 0 Å². The van der Waals surface area contributed by atoms with Crippen LogP contribution in [0.1, 0.15) is 56.4 Å². The van der Waals surface area contributed by atoms with Crippen LogP contribution < -0.4 is 11.1 Å². The quantitative estimate of drug-likeness (QED) is 0.564. The highest BCUT2D eigenvalue weighted by Crippen LogP contribution is 2.18. The molecular weight excluding hydrogens is 254 g/mol. The normalized spacial score (nSPS) is 11.9. The molecule has 3 N–H and O–H groups in total. The minimum absolute atomic E-state index is 0.266. The number of hydrogen-bond donors (Lipinski definition) is 2. The second-order valence-electron chi connectivity index (χ2n) is 5.02. The summed E-state index contributed by atoms with van der Waals surface area (Å²) in [5.74, 6) is 0.0968. The molecule has 0 spiro atoms. The Morgan fingerprint density at radius 2 is 2.15 bits per heavy atom. The Kier molecular flexibility index (Phi) is 6.84. The molecule has 0 saturated carbocycles. The molecule has 5 heteroatoms. The lowest BCUT2D eigenvalue weighted by molar-refractivity contribution is 0.0594. The summed E-state index contributed by atoms with van der Waals surface area (Å²) >= 11 is 0. The standard InChI is InChI=1S/C15H25N3O2/c1-4-5-6-7-8-11(2)17-14-12(16)9-10-13(18-14)15(19)20-3/h9-11H,4-8,16H2,1-3H3,(H,17,18). The molecule has 0 aliphatic carbocycles. The molecule has 0 aliphatic rings. The summed E-state index contributed by atoms with van der Waals surface area (Å²) in [6, 6.07) is 3.51. The van der Waals surface area contributed by atoms with Gasteiger partial charge in [-0.2, -0.15) is 0 Å². The number of pyridine rings is 1. The Bertz CT molecular complexity index is 435. The van der Waals surface area contributed by atoms with Crippen molar-refractivity contribution < 1.29 is 9.53 Å². The zero-order valence-electron chi connectivity index (χ0n) is 12.6. The SMILES string of the molecule is CCCCCCC(C)Nc1nc(C(=O)OC)ccc1N. The number of nitrogens with zero attached hydrogens (tertiary/aromatic N) is 1. The first-order valence-electron chi connectivity index (χ1n) is 7.19. The average Bonchev–Trinajstić information content (AvgIpc) is 2.45. The maximum atomic E-state index is 11.5. The van der Waals surface area contributed by atoms with E-state index in [2.05, 4.69) is 28.9 Å². The topological polar surface area (TPSA) is 77.2 Å². The minimum atomic E-state index is -0.455. The van der Waals surface area contributed by atoms with E-state index in [1.807, 2.05) is 0 Å². The van der Waals surface area contributed by atoms with E-state index in [0.29, 0.717) is 11.5 Å². The fourth-order valence-electron chi connectivity index (χ4n) is 1.99. The van der Waals surface area contributed by atoms with Crippen molar-refractivity contribution in [2.24, 2.45) is 0 Å². The van der Waals surface area contributed by atoms with Gasteiger partial charge >= 0.3 is 5.97 Å². The number of hydrogen-bond acceptors (Lipinski definition) is 5. The first-order valence-corrected chi connectivity index (χ1v) is 7.19. The van der Waals surface area contributed by atoms with Crippen LogP contribution in [0.5, 0.6) is 0 Å². The fraction of sp³-hybridized carbons (Fsp3) is 0.600. The molecular formula is C15H25N3O2. The van der Waals surface area contributed by atoms with Gasteiger partial charge < -0.3 is 15.8 Å². The molecule has 0 saturated heterocycles. The van der Waals surface area contributed by atoms with Crippen molar-refractivity contribution in [3.8, 4) is 0 Å². The van der Waals surface area contributed by atoms with Crippen LogP contribution in [-0.4, -0.2) is 24.1 Å². The number of nitrogen functional groups attached to an aromatic ring is 1. The minimum Gasteiger partial charge on any atom is -0.464 e. The highest BCUT2D eigenvalue weighted by molar-refractivity contribution is 5.88. The van der Waals surface area contributed by atoms with Crippen LogP contribution in [0.2, 0.25) is 0 Å². The number of unbranched alkanes of at least 4 members (excludes halogenated alkanes) is 3. The average molecular weight is 279 g/mol. The van der Waals surface area contributed by atoms with Gasteiger partial charge in [-0.1, -0.05) is 32.6 Å². The third-order valence-electron chi connectivity index (χ3n) is 3.19. The maximum Gasteiger partial charge on any atom is 0.356 e. The first-order chi connectivity index (χ1) is 9.58. The molecule has 5 nitrogen and oxygen atoms in total. The predicted octanol–water partition coefficient (Wildman–Crippen LogP) is 3.22. The van der Waals surface area contributed by atoms with Gasteiger partial charge in [0.25, 0.3) is 0 Å². The van der Waals surface area contributed by atoms with E-state index in [-0.39, 0.29) is 11.7 Å². The molecule has 0 aromatic carbocycles. The summed E-state index contributed by atoms with van der Waals surface area (Å²) in [5, 5.41) is 3.26. The van der Waals surface area contributed by atoms with Crippen molar-refractivity contribution >= 4 is 17.5 Å². The third kappa shape index (κ3) is 5.07. The van der Waals surface area contributed by atoms with Crippen molar-refractivity contribution in [3.63, 3.8) is 0 Å². The molecule has 0 fully saturated rings. The van der Waals surface area contributed by atoms with Crippen LogP contribution in [0.4, 0.5) is 11.5 Å². The number of nitrogens with two attached hydrogens (primary N) is 1. The predicted molar refractivity (Wildman–Crippen MR) is 81.8 cm³/mol. The lowest BCUT2D eigenvalue weighted by atomic mass is 10.1. The monoisotopic (exact) mass is 279 g/mol. The second kappa shape index (κ2) is 8.40. The van der Waals surface area contributed by atoms with Crippen molar-refractivity contribution in [2.45, 2.75) is 52.0 Å². The number of nitrogens with one attached hydrogen (secondary N) is 1. The molecule has 1 unspecified atom stereocenters. The van der Waals surface area contributed by atoms with Gasteiger partial charge in [0, 0.05) is 6.04 Å². The van der Waals surface area contributed by atoms with Gasteiger partial charge in [-0.15, -0.1) is 0 Å². The number of aromatic nitrogens is 1. The Hall–Kier alpha value is -1.78. The van der Waals surface area contributed by atoms with Crippen LogP contribution >= 0.6 is 0 Å². The smallest absolute Gasteiger partial charge is 0.356 e. The van der Waals surface area contributed by atoms with E-state index in [1.165, 1.54) is 32.8 Å². The zero-order chi connectivity index (χ0) is 15.0. The molecule has 1 aromatic rings. The number of rotatable bonds is 8. The summed E-state index contributed by atoms with van der Waals surface area (Å²) in [7, 11) is 1.34. The molecule has 20 heavy (non-hydrogen) atoms. The Balaban J connectivity index is 2.59. The summed E-state index contributed by atoms with van der Waals surface area (Å²) in [6.45, 7) is 4.29. The highest BCUT2D eigenvalue weighted by Gasteiger charge is 2.12. The molecule has 0 aliphatic heterocycles. The van der Waals surface area contributed by atoms with Crippen molar-refractivity contribution in [1.82, 2.24) is 4.98 Å². The number of ether oxygens (including phenoxy) is 1. The van der Waals surface area contributed by atoms with Crippen LogP contribution in [0.3, 0.4) is 0 Å². The van der Waals surface area contributed by atoms with Crippen molar-refractivity contribution in [1.29, 1.82) is 0 Å². The molecule has 0 bridgehead atoms. The Morgan fingerprint density at radius 1 is 1.40 bits per heavy atom. The number of methoxy groups -OCH3 is 1. The van der Waals surface area contributed by atoms with Gasteiger partial charge in [0.05, 0.1) is 12.8 Å². The lowest BCUT2D eigenvalue weighted by Crippen LogP contribution is -2.18. The first kappa shape index (κ1) is 16.3. The van der Waals surface area contributed by atoms with Gasteiger partial charge in [0.2, 0.25) is 0 Å². The van der Waals surface area contributed by atoms with Crippen LogP contribution in [0, 0.1) is 0 Å².